The molecule has 2 aromatic rings. The maximum absolute atomic E-state index is 12.5. The van der Waals surface area contributed by atoms with Crippen molar-refractivity contribution in [1.29, 1.82) is 0 Å². The summed E-state index contributed by atoms with van der Waals surface area (Å²) in [6, 6.07) is 3.71. The molecule has 2 fully saturated rings. The van der Waals surface area contributed by atoms with Gasteiger partial charge in [0.2, 0.25) is 11.7 Å². The summed E-state index contributed by atoms with van der Waals surface area (Å²) in [5, 5.41) is 3.63. The third kappa shape index (κ3) is 3.16. The van der Waals surface area contributed by atoms with Gasteiger partial charge in [0, 0.05) is 45.2 Å². The van der Waals surface area contributed by atoms with Gasteiger partial charge in [-0.05, 0) is 30.7 Å². The van der Waals surface area contributed by atoms with Crippen molar-refractivity contribution in [1.82, 2.24) is 20.0 Å². The van der Waals surface area contributed by atoms with E-state index in [1.165, 1.54) is 6.20 Å². The van der Waals surface area contributed by atoms with E-state index in [4.69, 9.17) is 9.26 Å². The first-order valence-electron chi connectivity index (χ1n) is 8.93. The molecule has 2 saturated heterocycles. The second-order valence-corrected chi connectivity index (χ2v) is 7.16. The molecular weight excluding hydrogens is 334 g/mol. The average molecular weight is 357 g/mol. The van der Waals surface area contributed by atoms with Crippen LogP contribution in [-0.4, -0.2) is 65.3 Å². The van der Waals surface area contributed by atoms with Gasteiger partial charge in [0.25, 0.3) is 5.91 Å². The quantitative estimate of drug-likeness (QED) is 0.822. The van der Waals surface area contributed by atoms with Crippen molar-refractivity contribution >= 4 is 11.9 Å². The largest absolute Gasteiger partial charge is 0.383 e. The van der Waals surface area contributed by atoms with E-state index >= 15 is 0 Å². The van der Waals surface area contributed by atoms with E-state index in [2.05, 4.69) is 20.0 Å². The predicted octanol–water partition coefficient (Wildman–Crippen LogP) is 1.61. The van der Waals surface area contributed by atoms with Crippen LogP contribution in [0.15, 0.2) is 35.2 Å². The summed E-state index contributed by atoms with van der Waals surface area (Å²) in [5.74, 6) is 0.988. The van der Waals surface area contributed by atoms with Crippen LogP contribution >= 0.6 is 0 Å². The molecule has 0 saturated carbocycles. The Kier molecular flexibility index (Phi) is 4.58. The first-order chi connectivity index (χ1) is 12.7. The molecule has 8 nitrogen and oxygen atoms in total. The van der Waals surface area contributed by atoms with Gasteiger partial charge in [-0.25, -0.2) is 9.97 Å². The van der Waals surface area contributed by atoms with Gasteiger partial charge in [-0.3, -0.25) is 4.79 Å². The third-order valence-electron chi connectivity index (χ3n) is 5.54. The van der Waals surface area contributed by atoms with Crippen LogP contribution < -0.4 is 4.90 Å². The van der Waals surface area contributed by atoms with Gasteiger partial charge in [0.1, 0.15) is 0 Å². The number of aromatic nitrogens is 3. The van der Waals surface area contributed by atoms with E-state index in [0.717, 1.165) is 44.8 Å². The number of likely N-dealkylation sites (tertiary alicyclic amines) is 1. The number of ether oxygens (including phenoxy) is 1. The van der Waals surface area contributed by atoms with Crippen molar-refractivity contribution in [3.8, 4) is 0 Å². The number of hydrogen-bond acceptors (Lipinski definition) is 7. The molecule has 1 amide bonds. The molecule has 8 heteroatoms. The molecule has 0 aliphatic carbocycles. The third-order valence-corrected chi connectivity index (χ3v) is 5.54. The Labute approximate surface area is 152 Å². The molecule has 26 heavy (non-hydrogen) atoms. The number of carbonyl (C=O) groups excluding carboxylic acids is 1. The number of rotatable bonds is 4. The SMILES string of the molecule is COC[C@H]1CC2(CCN(C(=O)c3ccno3)CC2)CN1c1ncccn1. The Morgan fingerprint density at radius 1 is 1.31 bits per heavy atom. The Morgan fingerprint density at radius 2 is 2.08 bits per heavy atom. The fraction of sp³-hybridized carbons (Fsp3) is 0.556. The number of piperidine rings is 1. The lowest BCUT2D eigenvalue weighted by molar-refractivity contribution is 0.0559. The molecule has 2 aliphatic rings. The second-order valence-electron chi connectivity index (χ2n) is 7.16. The van der Waals surface area contributed by atoms with Crippen LogP contribution in [0.25, 0.3) is 0 Å². The molecule has 0 N–H and O–H groups in total. The standard InChI is InChI=1S/C18H23N5O3/c1-25-12-14-11-18(13-23(14)17-19-6-2-7-20-17)4-9-22(10-5-18)16(24)15-3-8-21-26-15/h2-3,6-8,14H,4-5,9-13H2,1H3/t14-/m1/s1. The van der Waals surface area contributed by atoms with Crippen molar-refractivity contribution < 1.29 is 14.1 Å². The van der Waals surface area contributed by atoms with Gasteiger partial charge in [-0.1, -0.05) is 5.16 Å². The van der Waals surface area contributed by atoms with Crippen molar-refractivity contribution in [2.24, 2.45) is 5.41 Å². The lowest BCUT2D eigenvalue weighted by Gasteiger charge is -2.38. The van der Waals surface area contributed by atoms with Crippen LogP contribution in [0.1, 0.15) is 29.8 Å². The van der Waals surface area contributed by atoms with E-state index < -0.39 is 0 Å². The van der Waals surface area contributed by atoms with Gasteiger partial charge in [-0.15, -0.1) is 0 Å². The number of anilines is 1. The van der Waals surface area contributed by atoms with Gasteiger partial charge < -0.3 is 19.1 Å². The fourth-order valence-corrected chi connectivity index (χ4v) is 4.21. The summed E-state index contributed by atoms with van der Waals surface area (Å²) in [5.41, 5.74) is 0.167. The monoisotopic (exact) mass is 357 g/mol. The summed E-state index contributed by atoms with van der Waals surface area (Å²) >= 11 is 0. The minimum Gasteiger partial charge on any atom is -0.383 e. The summed E-state index contributed by atoms with van der Waals surface area (Å²) in [6.45, 7) is 3.00. The zero-order chi connectivity index (χ0) is 18.0. The van der Waals surface area contributed by atoms with E-state index in [9.17, 15) is 4.79 Å². The topological polar surface area (TPSA) is 84.6 Å². The summed E-state index contributed by atoms with van der Waals surface area (Å²) in [4.78, 5) is 25.4. The van der Waals surface area contributed by atoms with Crippen LogP contribution in [0, 0.1) is 5.41 Å². The first-order valence-corrected chi connectivity index (χ1v) is 8.93. The van der Waals surface area contributed by atoms with E-state index in [1.54, 1.807) is 25.6 Å². The van der Waals surface area contributed by atoms with Crippen molar-refractivity contribution in [2.75, 3.05) is 38.3 Å². The Hall–Kier alpha value is -2.48. The van der Waals surface area contributed by atoms with Crippen molar-refractivity contribution in [2.45, 2.75) is 25.3 Å². The molecule has 0 radical (unpaired) electrons. The highest BCUT2D eigenvalue weighted by atomic mass is 16.5. The Morgan fingerprint density at radius 3 is 2.73 bits per heavy atom. The molecule has 0 aromatic carbocycles. The van der Waals surface area contributed by atoms with Crippen LogP contribution in [0.3, 0.4) is 0 Å². The number of hydrogen-bond donors (Lipinski definition) is 0. The first kappa shape index (κ1) is 17.0. The van der Waals surface area contributed by atoms with Crippen molar-refractivity contribution in [3.63, 3.8) is 0 Å². The van der Waals surface area contributed by atoms with E-state index in [-0.39, 0.29) is 17.4 Å². The van der Waals surface area contributed by atoms with Crippen LogP contribution in [-0.2, 0) is 4.74 Å². The van der Waals surface area contributed by atoms with E-state index in [1.807, 2.05) is 11.0 Å². The predicted molar refractivity (Wildman–Crippen MR) is 93.7 cm³/mol. The smallest absolute Gasteiger partial charge is 0.292 e. The number of methoxy groups -OCH3 is 1. The maximum atomic E-state index is 12.5. The minimum atomic E-state index is -0.0768. The van der Waals surface area contributed by atoms with Gasteiger partial charge in [0.05, 0.1) is 18.8 Å². The Bertz CT molecular complexity index is 729. The Balaban J connectivity index is 1.46. The minimum absolute atomic E-state index is 0.0768. The van der Waals surface area contributed by atoms with Gasteiger partial charge >= 0.3 is 0 Å². The summed E-state index contributed by atoms with van der Waals surface area (Å²) in [7, 11) is 1.73. The number of carbonyl (C=O) groups is 1. The van der Waals surface area contributed by atoms with Crippen LogP contribution in [0.4, 0.5) is 5.95 Å². The average Bonchev–Trinajstić information content (AvgIpc) is 3.32. The van der Waals surface area contributed by atoms with Crippen LogP contribution in [0.2, 0.25) is 0 Å². The summed E-state index contributed by atoms with van der Waals surface area (Å²) < 4.78 is 10.4. The zero-order valence-corrected chi connectivity index (χ0v) is 14.9. The maximum Gasteiger partial charge on any atom is 0.292 e. The molecular formula is C18H23N5O3. The molecule has 2 aliphatic heterocycles. The molecule has 4 rings (SSSR count). The molecule has 4 heterocycles. The zero-order valence-electron chi connectivity index (χ0n) is 14.9. The number of amides is 1. The molecule has 0 unspecified atom stereocenters. The van der Waals surface area contributed by atoms with Crippen LogP contribution in [0.5, 0.6) is 0 Å². The fourth-order valence-electron chi connectivity index (χ4n) is 4.21. The van der Waals surface area contributed by atoms with Gasteiger partial charge in [0.15, 0.2) is 0 Å². The lowest BCUT2D eigenvalue weighted by Crippen LogP contribution is -2.44. The lowest BCUT2D eigenvalue weighted by atomic mass is 9.76. The highest BCUT2D eigenvalue weighted by molar-refractivity contribution is 5.91. The highest BCUT2D eigenvalue weighted by Crippen LogP contribution is 2.44. The molecule has 0 bridgehead atoms. The molecule has 1 spiro atoms. The normalized spacial score (nSPS) is 22.1. The number of nitrogens with zero attached hydrogens (tertiary/aromatic N) is 5. The van der Waals surface area contributed by atoms with E-state index in [0.29, 0.717) is 12.4 Å². The van der Waals surface area contributed by atoms with Gasteiger partial charge in [-0.2, -0.15) is 0 Å². The molecule has 1 atom stereocenters. The second kappa shape index (κ2) is 7.03. The highest BCUT2D eigenvalue weighted by Gasteiger charge is 2.47. The molecule has 138 valence electrons. The summed E-state index contributed by atoms with van der Waals surface area (Å²) in [6.07, 6.45) is 7.99. The molecule has 2 aromatic heterocycles. The van der Waals surface area contributed by atoms with Crippen molar-refractivity contribution in [3.05, 3.63) is 36.5 Å².